The number of fused-ring (bicyclic) bond motifs is 1. The number of benzene rings is 1. The molecule has 3 heteroatoms. The van der Waals surface area contributed by atoms with Gasteiger partial charge in [-0.1, -0.05) is 6.07 Å². The van der Waals surface area contributed by atoms with Gasteiger partial charge < -0.3 is 10.2 Å². The summed E-state index contributed by atoms with van der Waals surface area (Å²) in [7, 11) is 0. The first kappa shape index (κ1) is 11.0. The van der Waals surface area contributed by atoms with Gasteiger partial charge >= 0.3 is 0 Å². The van der Waals surface area contributed by atoms with E-state index in [1.807, 2.05) is 13.0 Å². The fraction of sp³-hybridized carbons (Fsp3) is 0.462. The highest BCUT2D eigenvalue weighted by atomic mass is 16.1. The summed E-state index contributed by atoms with van der Waals surface area (Å²) in [6.07, 6.45) is 0.561. The molecule has 16 heavy (non-hydrogen) atoms. The average Bonchev–Trinajstić information content (AvgIpc) is 2.35. The van der Waals surface area contributed by atoms with E-state index < -0.39 is 0 Å². The molecule has 0 saturated carbocycles. The van der Waals surface area contributed by atoms with Crippen LogP contribution in [0.4, 0.5) is 11.4 Å². The summed E-state index contributed by atoms with van der Waals surface area (Å²) in [4.78, 5) is 13.9. The van der Waals surface area contributed by atoms with Crippen molar-refractivity contribution in [3.05, 3.63) is 23.8 Å². The van der Waals surface area contributed by atoms with Gasteiger partial charge in [0.15, 0.2) is 0 Å². The normalized spacial score (nSPS) is 15.8. The molecule has 0 radical (unpaired) electrons. The van der Waals surface area contributed by atoms with Crippen molar-refractivity contribution in [3.63, 3.8) is 0 Å². The predicted molar refractivity (Wildman–Crippen MR) is 66.9 cm³/mol. The Morgan fingerprint density at radius 1 is 1.38 bits per heavy atom. The molecule has 3 nitrogen and oxygen atoms in total. The zero-order chi connectivity index (χ0) is 11.7. The molecular weight excluding hydrogens is 200 g/mol. The van der Waals surface area contributed by atoms with E-state index >= 15 is 0 Å². The van der Waals surface area contributed by atoms with Crippen LogP contribution in [0.3, 0.4) is 0 Å². The monoisotopic (exact) mass is 218 g/mol. The van der Waals surface area contributed by atoms with Gasteiger partial charge in [-0.25, -0.2) is 0 Å². The maximum Gasteiger partial charge on any atom is 0.226 e. The minimum absolute atomic E-state index is 0.106. The third-order valence-corrected chi connectivity index (χ3v) is 2.94. The van der Waals surface area contributed by atoms with Crippen LogP contribution in [0.5, 0.6) is 0 Å². The van der Waals surface area contributed by atoms with E-state index in [2.05, 4.69) is 36.2 Å². The number of carbonyl (C=O) groups is 1. The molecule has 0 saturated heterocycles. The lowest BCUT2D eigenvalue weighted by Gasteiger charge is -2.28. The fourth-order valence-electron chi connectivity index (χ4n) is 2.09. The number of rotatable bonds is 1. The molecule has 1 N–H and O–H groups in total. The van der Waals surface area contributed by atoms with Crippen LogP contribution >= 0.6 is 0 Å². The van der Waals surface area contributed by atoms with E-state index in [9.17, 15) is 4.79 Å². The summed E-state index contributed by atoms with van der Waals surface area (Å²) in [6.45, 7) is 7.13. The lowest BCUT2D eigenvalue weighted by molar-refractivity contribution is -0.115. The van der Waals surface area contributed by atoms with Gasteiger partial charge in [-0.05, 0) is 38.5 Å². The number of carbonyl (C=O) groups excluding carboxylic acids is 1. The Bertz CT molecular complexity index is 412. The molecule has 1 aromatic rings. The Morgan fingerprint density at radius 3 is 2.81 bits per heavy atom. The molecule has 1 aromatic carbocycles. The van der Waals surface area contributed by atoms with Crippen LogP contribution in [0.25, 0.3) is 0 Å². The molecule has 0 bridgehead atoms. The molecule has 2 rings (SSSR count). The van der Waals surface area contributed by atoms with E-state index in [0.717, 1.165) is 17.9 Å². The van der Waals surface area contributed by atoms with Crippen molar-refractivity contribution >= 4 is 17.3 Å². The van der Waals surface area contributed by atoms with E-state index in [1.54, 1.807) is 0 Å². The van der Waals surface area contributed by atoms with Crippen molar-refractivity contribution in [1.29, 1.82) is 0 Å². The van der Waals surface area contributed by atoms with Crippen LogP contribution in [0.1, 0.15) is 25.8 Å². The Hall–Kier alpha value is -1.51. The van der Waals surface area contributed by atoms with Crippen molar-refractivity contribution < 1.29 is 4.79 Å². The van der Waals surface area contributed by atoms with Gasteiger partial charge in [-0.3, -0.25) is 4.79 Å². The van der Waals surface area contributed by atoms with Crippen molar-refractivity contribution in [1.82, 2.24) is 0 Å². The highest BCUT2D eigenvalue weighted by molar-refractivity contribution is 5.96. The molecule has 0 aromatic heterocycles. The van der Waals surface area contributed by atoms with Crippen LogP contribution in [0, 0.1) is 6.92 Å². The molecule has 0 atom stereocenters. The minimum atomic E-state index is 0.106. The SMILES string of the molecule is Cc1ccc2c(c1)NC(=O)CCN2C(C)C. The lowest BCUT2D eigenvalue weighted by atomic mass is 10.1. The van der Waals surface area contributed by atoms with E-state index in [1.165, 1.54) is 5.56 Å². The molecule has 1 amide bonds. The fourth-order valence-corrected chi connectivity index (χ4v) is 2.09. The maximum atomic E-state index is 11.6. The second kappa shape index (κ2) is 4.16. The topological polar surface area (TPSA) is 32.3 Å². The number of amides is 1. The number of hydrogen-bond acceptors (Lipinski definition) is 2. The molecular formula is C13H18N2O. The molecule has 0 aliphatic carbocycles. The Kier molecular flexibility index (Phi) is 2.86. The van der Waals surface area contributed by atoms with Crippen molar-refractivity contribution in [3.8, 4) is 0 Å². The first-order valence-corrected chi connectivity index (χ1v) is 5.75. The Morgan fingerprint density at radius 2 is 2.12 bits per heavy atom. The Labute approximate surface area is 96.5 Å². The van der Waals surface area contributed by atoms with Gasteiger partial charge in [0.1, 0.15) is 0 Å². The van der Waals surface area contributed by atoms with Crippen LogP contribution < -0.4 is 10.2 Å². The third-order valence-electron chi connectivity index (χ3n) is 2.94. The summed E-state index contributed by atoms with van der Waals surface area (Å²) in [6, 6.07) is 6.63. The molecule has 1 aliphatic heterocycles. The number of nitrogens with one attached hydrogen (secondary N) is 1. The van der Waals surface area contributed by atoms with Crippen LogP contribution in [0.2, 0.25) is 0 Å². The molecule has 86 valence electrons. The van der Waals surface area contributed by atoms with Gasteiger partial charge in [0.05, 0.1) is 11.4 Å². The smallest absolute Gasteiger partial charge is 0.226 e. The van der Waals surface area contributed by atoms with Gasteiger partial charge in [0, 0.05) is 19.0 Å². The van der Waals surface area contributed by atoms with E-state index in [-0.39, 0.29) is 5.91 Å². The predicted octanol–water partition coefficient (Wildman–Crippen LogP) is 2.55. The summed E-state index contributed by atoms with van der Waals surface area (Å²) in [5.74, 6) is 0.106. The highest BCUT2D eigenvalue weighted by Gasteiger charge is 2.20. The van der Waals surface area contributed by atoms with Crippen molar-refractivity contribution in [2.24, 2.45) is 0 Å². The molecule has 0 unspecified atom stereocenters. The van der Waals surface area contributed by atoms with Crippen LogP contribution in [0.15, 0.2) is 18.2 Å². The molecule has 0 spiro atoms. The zero-order valence-electron chi connectivity index (χ0n) is 10.1. The lowest BCUT2D eigenvalue weighted by Crippen LogP contribution is -2.31. The van der Waals surface area contributed by atoms with E-state index in [4.69, 9.17) is 0 Å². The maximum absolute atomic E-state index is 11.6. The number of hydrogen-bond donors (Lipinski definition) is 1. The van der Waals surface area contributed by atoms with Crippen molar-refractivity contribution in [2.75, 3.05) is 16.8 Å². The van der Waals surface area contributed by atoms with E-state index in [0.29, 0.717) is 12.5 Å². The summed E-state index contributed by atoms with van der Waals surface area (Å²) in [5, 5.41) is 2.97. The molecule has 0 fully saturated rings. The molecule has 1 aliphatic rings. The van der Waals surface area contributed by atoms with Crippen LogP contribution in [-0.2, 0) is 4.79 Å². The number of aryl methyl sites for hydroxylation is 1. The zero-order valence-corrected chi connectivity index (χ0v) is 10.1. The van der Waals surface area contributed by atoms with Gasteiger partial charge in [-0.15, -0.1) is 0 Å². The summed E-state index contributed by atoms with van der Waals surface area (Å²) >= 11 is 0. The van der Waals surface area contributed by atoms with Crippen LogP contribution in [-0.4, -0.2) is 18.5 Å². The number of anilines is 2. The first-order valence-electron chi connectivity index (χ1n) is 5.75. The quantitative estimate of drug-likeness (QED) is 0.785. The van der Waals surface area contributed by atoms with Gasteiger partial charge in [0.25, 0.3) is 0 Å². The summed E-state index contributed by atoms with van der Waals surface area (Å²) in [5.41, 5.74) is 3.24. The minimum Gasteiger partial charge on any atom is -0.367 e. The average molecular weight is 218 g/mol. The van der Waals surface area contributed by atoms with Gasteiger partial charge in [0.2, 0.25) is 5.91 Å². The molecule has 1 heterocycles. The van der Waals surface area contributed by atoms with Gasteiger partial charge in [-0.2, -0.15) is 0 Å². The second-order valence-electron chi connectivity index (χ2n) is 4.61. The Balaban J connectivity index is 2.46. The third kappa shape index (κ3) is 2.03. The highest BCUT2D eigenvalue weighted by Crippen LogP contribution is 2.30. The standard InChI is InChI=1S/C13H18N2O/c1-9(2)15-7-6-13(16)14-11-8-10(3)4-5-12(11)15/h4-5,8-9H,6-7H2,1-3H3,(H,14,16). The first-order chi connectivity index (χ1) is 7.58. The number of nitrogens with zero attached hydrogens (tertiary/aromatic N) is 1. The largest absolute Gasteiger partial charge is 0.367 e. The summed E-state index contributed by atoms with van der Waals surface area (Å²) < 4.78 is 0. The van der Waals surface area contributed by atoms with Crippen molar-refractivity contribution in [2.45, 2.75) is 33.2 Å². The second-order valence-corrected chi connectivity index (χ2v) is 4.61.